The van der Waals surface area contributed by atoms with Crippen LogP contribution in [0.1, 0.15) is 73.1 Å². The first-order valence-corrected chi connectivity index (χ1v) is 17.5. The Morgan fingerprint density at radius 2 is 1.41 bits per heavy atom. The van der Waals surface area contributed by atoms with Crippen LogP contribution < -0.4 is 21.3 Å². The minimum absolute atomic E-state index is 0.00534. The molecule has 0 radical (unpaired) electrons. The zero-order valence-corrected chi connectivity index (χ0v) is 27.5. The van der Waals surface area contributed by atoms with Crippen molar-refractivity contribution in [1.29, 1.82) is 0 Å². The van der Waals surface area contributed by atoms with Crippen molar-refractivity contribution in [2.75, 3.05) is 7.11 Å². The van der Waals surface area contributed by atoms with E-state index in [0.29, 0.717) is 54.3 Å². The standard InChI is InChI=1S/C35H56N4O5/c1-8-19-15(3)22-12-24-17(5)21(10-11-28(40)41)32(38-24)30-31(35(43)44-7)34(42)29-18(6)25(39-33(29)30)14-27-20(9-2)16(4)23(37-27)13-26(19)36-22/h8,15-27,29-33,36-39H,1,9-14H2,2-7H3,(H,40,41)/t15?,16?,17-,18?,19?,20?,21-,22?,23?,24?,25?,26?,27?,29?,30?,31+,32?,33?/m0/s1. The lowest BCUT2D eigenvalue weighted by Crippen LogP contribution is -2.51. The van der Waals surface area contributed by atoms with Gasteiger partial charge in [-0.15, -0.1) is 6.58 Å². The van der Waals surface area contributed by atoms with Crippen LogP contribution in [0.2, 0.25) is 0 Å². The van der Waals surface area contributed by atoms with Crippen LogP contribution in [0.3, 0.4) is 0 Å². The van der Waals surface area contributed by atoms with Gasteiger partial charge in [-0.25, -0.2) is 0 Å². The molecule has 1 saturated carbocycles. The Morgan fingerprint density at radius 1 is 0.841 bits per heavy atom. The molecule has 0 aromatic carbocycles. The van der Waals surface area contributed by atoms with E-state index in [9.17, 15) is 19.5 Å². The number of Topliss-reactive ketones (excluding diaryl/α,β-unsaturated/α-hetero) is 1. The molecule has 9 heteroatoms. The number of carboxylic acid groups (broad SMARTS) is 1. The number of aliphatic carboxylic acids is 1. The number of nitrogens with one attached hydrogen (secondary N) is 4. The maximum Gasteiger partial charge on any atom is 0.316 e. The quantitative estimate of drug-likeness (QED) is 0.175. The average Bonchev–Trinajstić information content (AvgIpc) is 3.72. The molecule has 0 amide bonds. The highest BCUT2D eigenvalue weighted by Gasteiger charge is 2.64. The smallest absolute Gasteiger partial charge is 0.316 e. The predicted octanol–water partition coefficient (Wildman–Crippen LogP) is 2.99. The summed E-state index contributed by atoms with van der Waals surface area (Å²) in [5.41, 5.74) is 0. The lowest BCUT2D eigenvalue weighted by Gasteiger charge is -2.34. The van der Waals surface area contributed by atoms with Crippen LogP contribution in [0.15, 0.2) is 12.7 Å². The van der Waals surface area contributed by atoms with Gasteiger partial charge in [0.05, 0.1) is 7.11 Å². The monoisotopic (exact) mass is 612 g/mol. The van der Waals surface area contributed by atoms with E-state index in [1.54, 1.807) is 0 Å². The molecule has 0 aromatic rings. The lowest BCUT2D eigenvalue weighted by atomic mass is 9.75. The molecule has 5 aliphatic heterocycles. The number of carbonyl (C=O) groups is 3. The maximum atomic E-state index is 14.2. The minimum Gasteiger partial charge on any atom is -0.481 e. The summed E-state index contributed by atoms with van der Waals surface area (Å²) in [6, 6.07) is 1.48. The Labute approximate surface area is 263 Å². The van der Waals surface area contributed by atoms with Crippen molar-refractivity contribution >= 4 is 17.7 Å². The Bertz CT molecular complexity index is 1130. The number of carboxylic acids is 1. The highest BCUT2D eigenvalue weighted by molar-refractivity contribution is 6.03. The molecule has 8 bridgehead atoms. The summed E-state index contributed by atoms with van der Waals surface area (Å²) in [6.07, 6.45) is 6.82. The summed E-state index contributed by atoms with van der Waals surface area (Å²) >= 11 is 0. The first kappa shape index (κ1) is 32.1. The highest BCUT2D eigenvalue weighted by Crippen LogP contribution is 2.51. The summed E-state index contributed by atoms with van der Waals surface area (Å²) in [5, 5.41) is 25.8. The van der Waals surface area contributed by atoms with Crippen LogP contribution in [0.25, 0.3) is 0 Å². The van der Waals surface area contributed by atoms with Crippen LogP contribution in [0.5, 0.6) is 0 Å². The first-order valence-electron chi connectivity index (χ1n) is 17.5. The molecule has 246 valence electrons. The molecule has 6 aliphatic rings. The highest BCUT2D eigenvalue weighted by atomic mass is 16.5. The molecular formula is C35H56N4O5. The number of hydrogen-bond donors (Lipinski definition) is 5. The van der Waals surface area contributed by atoms with Crippen molar-refractivity contribution in [3.05, 3.63) is 12.7 Å². The zero-order chi connectivity index (χ0) is 31.6. The van der Waals surface area contributed by atoms with E-state index in [1.807, 2.05) is 0 Å². The van der Waals surface area contributed by atoms with Crippen LogP contribution in [-0.4, -0.2) is 78.3 Å². The normalized spacial score (nSPS) is 51.5. The molecule has 5 saturated heterocycles. The van der Waals surface area contributed by atoms with Gasteiger partial charge >= 0.3 is 11.9 Å². The first-order chi connectivity index (χ1) is 21.0. The summed E-state index contributed by atoms with van der Waals surface area (Å²) in [6.45, 7) is 15.8. The molecule has 15 unspecified atom stereocenters. The molecule has 1 aliphatic carbocycles. The van der Waals surface area contributed by atoms with Crippen molar-refractivity contribution in [3.8, 4) is 0 Å². The van der Waals surface area contributed by atoms with Crippen molar-refractivity contribution in [3.63, 3.8) is 0 Å². The molecule has 5 N–H and O–H groups in total. The van der Waals surface area contributed by atoms with E-state index in [2.05, 4.69) is 68.5 Å². The molecule has 0 aromatic heterocycles. The number of ketones is 1. The molecule has 6 rings (SSSR count). The molecule has 6 fully saturated rings. The van der Waals surface area contributed by atoms with Gasteiger partial charge in [0.15, 0.2) is 5.78 Å². The SMILES string of the molecule is C=CC1C2CC3NC(CC4NC5C(C(=O)[C@H](C(=O)OC)C5C5NC(CC(N2)C1C)[C@@H](C)[C@@H]5CCC(=O)O)C4C)C(CC)C3C. The van der Waals surface area contributed by atoms with Crippen LogP contribution in [0, 0.1) is 59.2 Å². The van der Waals surface area contributed by atoms with Crippen LogP contribution in [0.4, 0.5) is 0 Å². The molecule has 18 atom stereocenters. The van der Waals surface area contributed by atoms with Crippen molar-refractivity contribution in [2.24, 2.45) is 59.2 Å². The summed E-state index contributed by atoms with van der Waals surface area (Å²) in [7, 11) is 1.38. The largest absolute Gasteiger partial charge is 0.481 e. The van der Waals surface area contributed by atoms with Gasteiger partial charge in [0.2, 0.25) is 0 Å². The second-order valence-corrected chi connectivity index (χ2v) is 15.5. The third-order valence-electron chi connectivity index (χ3n) is 13.8. The molecule has 9 nitrogen and oxygen atoms in total. The van der Waals surface area contributed by atoms with E-state index in [4.69, 9.17) is 4.74 Å². The van der Waals surface area contributed by atoms with Gasteiger partial charge in [0.25, 0.3) is 0 Å². The van der Waals surface area contributed by atoms with Gasteiger partial charge in [-0.05, 0) is 67.1 Å². The minimum atomic E-state index is -0.837. The number of methoxy groups -OCH3 is 1. The number of hydrogen-bond acceptors (Lipinski definition) is 8. The van der Waals surface area contributed by atoms with E-state index < -0.39 is 17.9 Å². The fraction of sp³-hybridized carbons (Fsp3) is 0.857. The number of fused-ring (bicyclic) bond motifs is 8. The Kier molecular flexibility index (Phi) is 9.07. The second kappa shape index (κ2) is 12.4. The van der Waals surface area contributed by atoms with Crippen LogP contribution in [-0.2, 0) is 19.1 Å². The number of esters is 1. The van der Waals surface area contributed by atoms with Gasteiger partial charge in [0, 0.05) is 66.6 Å². The number of carbonyl (C=O) groups excluding carboxylic acids is 2. The molecule has 5 heterocycles. The Hall–Kier alpha value is -1.81. The molecule has 44 heavy (non-hydrogen) atoms. The third kappa shape index (κ3) is 5.18. The Morgan fingerprint density at radius 3 is 2.07 bits per heavy atom. The van der Waals surface area contributed by atoms with Gasteiger partial charge < -0.3 is 31.1 Å². The van der Waals surface area contributed by atoms with E-state index in [0.717, 1.165) is 25.7 Å². The molecule has 0 spiro atoms. The lowest BCUT2D eigenvalue weighted by molar-refractivity contribution is -0.151. The van der Waals surface area contributed by atoms with Gasteiger partial charge in [-0.3, -0.25) is 14.4 Å². The number of rotatable bonds is 6. The average molecular weight is 613 g/mol. The summed E-state index contributed by atoms with van der Waals surface area (Å²) in [5.74, 6) is -0.340. The van der Waals surface area contributed by atoms with Gasteiger partial charge in [0.1, 0.15) is 5.92 Å². The maximum absolute atomic E-state index is 14.2. The van der Waals surface area contributed by atoms with Crippen molar-refractivity contribution < 1.29 is 24.2 Å². The fourth-order valence-corrected chi connectivity index (χ4v) is 11.4. The molecular weight excluding hydrogens is 556 g/mol. The summed E-state index contributed by atoms with van der Waals surface area (Å²) in [4.78, 5) is 39.4. The zero-order valence-electron chi connectivity index (χ0n) is 27.5. The third-order valence-corrected chi connectivity index (χ3v) is 13.8. The van der Waals surface area contributed by atoms with Crippen molar-refractivity contribution in [1.82, 2.24) is 21.3 Å². The van der Waals surface area contributed by atoms with E-state index in [1.165, 1.54) is 7.11 Å². The fourth-order valence-electron chi connectivity index (χ4n) is 11.4. The van der Waals surface area contributed by atoms with Gasteiger partial charge in [-0.2, -0.15) is 0 Å². The second-order valence-electron chi connectivity index (χ2n) is 15.5. The Balaban J connectivity index is 1.41. The van der Waals surface area contributed by atoms with Crippen LogP contribution >= 0.6 is 0 Å². The topological polar surface area (TPSA) is 129 Å². The van der Waals surface area contributed by atoms with Crippen molar-refractivity contribution in [2.45, 2.75) is 121 Å². The summed E-state index contributed by atoms with van der Waals surface area (Å²) < 4.78 is 5.28. The van der Waals surface area contributed by atoms with E-state index in [-0.39, 0.29) is 66.0 Å². The van der Waals surface area contributed by atoms with Gasteiger partial charge in [-0.1, -0.05) is 47.1 Å². The number of ether oxygens (including phenoxy) is 1. The van der Waals surface area contributed by atoms with E-state index >= 15 is 0 Å². The predicted molar refractivity (Wildman–Crippen MR) is 169 cm³/mol.